The van der Waals surface area contributed by atoms with Gasteiger partial charge in [0.15, 0.2) is 5.69 Å². The van der Waals surface area contributed by atoms with Crippen LogP contribution in [0.4, 0.5) is 5.69 Å². The zero-order chi connectivity index (χ0) is 14.4. The maximum Gasteiger partial charge on any atom is 0.272 e. The summed E-state index contributed by atoms with van der Waals surface area (Å²) in [4.78, 5) is 20.6. The molecule has 0 radical (unpaired) electrons. The molecular formula is C13H23N5O. The van der Waals surface area contributed by atoms with E-state index in [4.69, 9.17) is 5.84 Å². The SMILES string of the molecule is CCC(C)CNC(=O)c1nc(C(C)C)ncc1NN. The fourth-order valence-corrected chi connectivity index (χ4v) is 1.45. The third kappa shape index (κ3) is 4.17. The molecule has 1 rings (SSSR count). The Morgan fingerprint density at radius 1 is 1.42 bits per heavy atom. The van der Waals surface area contributed by atoms with Crippen molar-refractivity contribution in [2.75, 3.05) is 12.0 Å². The average Bonchev–Trinajstić information content (AvgIpc) is 2.43. The molecule has 1 heterocycles. The number of hydrogen-bond acceptors (Lipinski definition) is 5. The van der Waals surface area contributed by atoms with E-state index in [2.05, 4.69) is 34.6 Å². The van der Waals surface area contributed by atoms with Crippen molar-refractivity contribution in [3.8, 4) is 0 Å². The van der Waals surface area contributed by atoms with E-state index < -0.39 is 0 Å². The van der Waals surface area contributed by atoms with Gasteiger partial charge in [0.25, 0.3) is 5.91 Å². The Bertz CT molecular complexity index is 433. The van der Waals surface area contributed by atoms with E-state index in [1.807, 2.05) is 13.8 Å². The molecule has 6 nitrogen and oxygen atoms in total. The predicted octanol–water partition coefficient (Wildman–Crippen LogP) is 1.66. The van der Waals surface area contributed by atoms with E-state index in [0.29, 0.717) is 29.7 Å². The number of aromatic nitrogens is 2. The number of carbonyl (C=O) groups excluding carboxylic acids is 1. The standard InChI is InChI=1S/C13H23N5O/c1-5-9(4)6-16-13(19)11-10(18-14)7-15-12(17-11)8(2)3/h7-9,18H,5-6,14H2,1-4H3,(H,16,19). The second-order valence-corrected chi connectivity index (χ2v) is 5.01. The molecule has 106 valence electrons. The number of nitrogen functional groups attached to an aromatic ring is 1. The molecule has 0 saturated heterocycles. The Labute approximate surface area is 114 Å². The van der Waals surface area contributed by atoms with Crippen molar-refractivity contribution in [3.05, 3.63) is 17.7 Å². The Kier molecular flexibility index (Phi) is 5.69. The summed E-state index contributed by atoms with van der Waals surface area (Å²) >= 11 is 0. The Morgan fingerprint density at radius 3 is 2.63 bits per heavy atom. The van der Waals surface area contributed by atoms with Crippen LogP contribution >= 0.6 is 0 Å². The van der Waals surface area contributed by atoms with E-state index in [1.54, 1.807) is 6.20 Å². The molecule has 19 heavy (non-hydrogen) atoms. The monoisotopic (exact) mass is 265 g/mol. The van der Waals surface area contributed by atoms with E-state index in [0.717, 1.165) is 6.42 Å². The zero-order valence-electron chi connectivity index (χ0n) is 12.0. The van der Waals surface area contributed by atoms with Crippen LogP contribution in [-0.4, -0.2) is 22.4 Å². The van der Waals surface area contributed by atoms with Crippen LogP contribution in [0.2, 0.25) is 0 Å². The fourth-order valence-electron chi connectivity index (χ4n) is 1.45. The van der Waals surface area contributed by atoms with Gasteiger partial charge in [-0.1, -0.05) is 34.1 Å². The van der Waals surface area contributed by atoms with Crippen LogP contribution in [0.3, 0.4) is 0 Å². The molecule has 0 aliphatic carbocycles. The molecule has 0 saturated carbocycles. The highest BCUT2D eigenvalue weighted by atomic mass is 16.1. The Balaban J connectivity index is 2.90. The summed E-state index contributed by atoms with van der Waals surface area (Å²) in [5.74, 6) is 6.39. The lowest BCUT2D eigenvalue weighted by Gasteiger charge is -2.13. The van der Waals surface area contributed by atoms with Crippen LogP contribution in [0.1, 0.15) is 56.3 Å². The van der Waals surface area contributed by atoms with Crippen LogP contribution in [0.5, 0.6) is 0 Å². The quantitative estimate of drug-likeness (QED) is 0.537. The van der Waals surface area contributed by atoms with Crippen molar-refractivity contribution >= 4 is 11.6 Å². The summed E-state index contributed by atoms with van der Waals surface area (Å²) in [6.07, 6.45) is 2.56. The molecule has 1 unspecified atom stereocenters. The van der Waals surface area contributed by atoms with E-state index in [-0.39, 0.29) is 11.8 Å². The molecule has 0 fully saturated rings. The molecule has 0 bridgehead atoms. The van der Waals surface area contributed by atoms with E-state index >= 15 is 0 Å². The number of nitrogens with one attached hydrogen (secondary N) is 2. The zero-order valence-corrected chi connectivity index (χ0v) is 12.0. The van der Waals surface area contributed by atoms with Gasteiger partial charge in [0.1, 0.15) is 5.82 Å². The lowest BCUT2D eigenvalue weighted by atomic mass is 10.1. The van der Waals surface area contributed by atoms with Crippen LogP contribution in [0.25, 0.3) is 0 Å². The predicted molar refractivity (Wildman–Crippen MR) is 75.7 cm³/mol. The summed E-state index contributed by atoms with van der Waals surface area (Å²) in [7, 11) is 0. The first-order valence-electron chi connectivity index (χ1n) is 6.61. The molecule has 6 heteroatoms. The molecule has 0 spiro atoms. The summed E-state index contributed by atoms with van der Waals surface area (Å²) in [5.41, 5.74) is 3.19. The van der Waals surface area contributed by atoms with Crippen LogP contribution in [0.15, 0.2) is 6.20 Å². The molecule has 0 aromatic carbocycles. The van der Waals surface area contributed by atoms with Gasteiger partial charge in [0.05, 0.1) is 11.9 Å². The average molecular weight is 265 g/mol. The fraction of sp³-hybridized carbons (Fsp3) is 0.615. The first-order valence-corrected chi connectivity index (χ1v) is 6.61. The van der Waals surface area contributed by atoms with Gasteiger partial charge in [-0.15, -0.1) is 0 Å². The van der Waals surface area contributed by atoms with Gasteiger partial charge in [-0.25, -0.2) is 9.97 Å². The van der Waals surface area contributed by atoms with Crippen LogP contribution < -0.4 is 16.6 Å². The molecule has 1 aromatic heterocycles. The number of anilines is 1. The number of carbonyl (C=O) groups is 1. The first kappa shape index (κ1) is 15.4. The lowest BCUT2D eigenvalue weighted by Crippen LogP contribution is -2.30. The topological polar surface area (TPSA) is 92.9 Å². The van der Waals surface area contributed by atoms with E-state index in [9.17, 15) is 4.79 Å². The summed E-state index contributed by atoms with van der Waals surface area (Å²) in [5, 5.41) is 2.87. The Morgan fingerprint density at radius 2 is 2.11 bits per heavy atom. The maximum atomic E-state index is 12.1. The number of amides is 1. The second-order valence-electron chi connectivity index (χ2n) is 5.01. The third-order valence-corrected chi connectivity index (χ3v) is 3.00. The highest BCUT2D eigenvalue weighted by Crippen LogP contribution is 2.15. The van der Waals surface area contributed by atoms with Gasteiger partial charge in [-0.05, 0) is 5.92 Å². The third-order valence-electron chi connectivity index (χ3n) is 3.00. The molecule has 1 amide bonds. The lowest BCUT2D eigenvalue weighted by molar-refractivity contribution is 0.0943. The van der Waals surface area contributed by atoms with Gasteiger partial charge < -0.3 is 10.7 Å². The van der Waals surface area contributed by atoms with E-state index in [1.165, 1.54) is 0 Å². The molecule has 1 aromatic rings. The molecule has 1 atom stereocenters. The minimum absolute atomic E-state index is 0.160. The number of hydrazine groups is 1. The first-order chi connectivity index (χ1) is 8.99. The van der Waals surface area contributed by atoms with Gasteiger partial charge >= 0.3 is 0 Å². The van der Waals surface area contributed by atoms with Crippen molar-refractivity contribution in [3.63, 3.8) is 0 Å². The van der Waals surface area contributed by atoms with Crippen molar-refractivity contribution in [1.82, 2.24) is 15.3 Å². The smallest absolute Gasteiger partial charge is 0.272 e. The Hall–Kier alpha value is -1.69. The summed E-state index contributed by atoms with van der Waals surface area (Å²) < 4.78 is 0. The minimum Gasteiger partial charge on any atom is -0.350 e. The summed E-state index contributed by atoms with van der Waals surface area (Å²) in [6.45, 7) is 8.75. The number of nitrogens with two attached hydrogens (primary N) is 1. The van der Waals surface area contributed by atoms with Crippen molar-refractivity contribution in [1.29, 1.82) is 0 Å². The van der Waals surface area contributed by atoms with Crippen LogP contribution in [0, 0.1) is 5.92 Å². The minimum atomic E-state index is -0.224. The van der Waals surface area contributed by atoms with Gasteiger partial charge in [-0.3, -0.25) is 10.6 Å². The van der Waals surface area contributed by atoms with Crippen molar-refractivity contribution in [2.45, 2.75) is 40.0 Å². The number of rotatable bonds is 6. The molecular weight excluding hydrogens is 242 g/mol. The van der Waals surface area contributed by atoms with Crippen molar-refractivity contribution in [2.24, 2.45) is 11.8 Å². The van der Waals surface area contributed by atoms with Crippen molar-refractivity contribution < 1.29 is 4.79 Å². The molecule has 0 aliphatic rings. The van der Waals surface area contributed by atoms with Gasteiger partial charge in [0.2, 0.25) is 0 Å². The number of hydrogen-bond donors (Lipinski definition) is 3. The van der Waals surface area contributed by atoms with Gasteiger partial charge in [0, 0.05) is 12.5 Å². The normalized spacial score (nSPS) is 12.3. The largest absolute Gasteiger partial charge is 0.350 e. The summed E-state index contributed by atoms with van der Waals surface area (Å²) in [6, 6.07) is 0. The maximum absolute atomic E-state index is 12.1. The molecule has 0 aliphatic heterocycles. The number of nitrogens with zero attached hydrogens (tertiary/aromatic N) is 2. The van der Waals surface area contributed by atoms with Gasteiger partial charge in [-0.2, -0.15) is 0 Å². The second kappa shape index (κ2) is 7.04. The van der Waals surface area contributed by atoms with Crippen LogP contribution in [-0.2, 0) is 0 Å². The highest BCUT2D eigenvalue weighted by molar-refractivity contribution is 5.97. The highest BCUT2D eigenvalue weighted by Gasteiger charge is 2.16. The molecule has 4 N–H and O–H groups in total.